The van der Waals surface area contributed by atoms with Crippen LogP contribution in [0.1, 0.15) is 12.6 Å². The maximum atomic E-state index is 5.42. The summed E-state index contributed by atoms with van der Waals surface area (Å²) in [5.41, 5.74) is 2.06. The summed E-state index contributed by atoms with van der Waals surface area (Å²) in [5.74, 6) is 1.73. The highest BCUT2D eigenvalue weighted by Crippen LogP contribution is 2.19. The van der Waals surface area contributed by atoms with E-state index in [1.165, 1.54) is 0 Å². The van der Waals surface area contributed by atoms with Crippen molar-refractivity contribution in [2.24, 2.45) is 0 Å². The molecule has 0 aliphatic heterocycles. The number of aromatic nitrogens is 2. The number of aryl methyl sites for hydroxylation is 1. The van der Waals surface area contributed by atoms with E-state index in [1.54, 1.807) is 0 Å². The summed E-state index contributed by atoms with van der Waals surface area (Å²) in [7, 11) is 1.87. The van der Waals surface area contributed by atoms with Gasteiger partial charge in [0.15, 0.2) is 0 Å². The highest BCUT2D eigenvalue weighted by Gasteiger charge is 2.05. The third kappa shape index (κ3) is 2.41. The van der Waals surface area contributed by atoms with Gasteiger partial charge < -0.3 is 10.1 Å². The van der Waals surface area contributed by atoms with Gasteiger partial charge in [0, 0.05) is 18.9 Å². The van der Waals surface area contributed by atoms with Crippen molar-refractivity contribution in [3.63, 3.8) is 0 Å². The van der Waals surface area contributed by atoms with Crippen LogP contribution in [0.3, 0.4) is 0 Å². The second-order valence-corrected chi connectivity index (χ2v) is 3.75. The smallest absolute Gasteiger partial charge is 0.207 e. The van der Waals surface area contributed by atoms with Gasteiger partial charge in [-0.1, -0.05) is 0 Å². The zero-order chi connectivity index (χ0) is 12.3. The van der Waals surface area contributed by atoms with Gasteiger partial charge in [0.05, 0.1) is 12.3 Å². The van der Waals surface area contributed by atoms with Crippen molar-refractivity contribution < 1.29 is 4.74 Å². The van der Waals surface area contributed by atoms with Crippen molar-refractivity contribution in [3.8, 4) is 11.4 Å². The van der Waals surface area contributed by atoms with E-state index in [2.05, 4.69) is 10.3 Å². The lowest BCUT2D eigenvalue weighted by molar-refractivity contribution is 0.340. The van der Waals surface area contributed by atoms with Gasteiger partial charge in [0.25, 0.3) is 0 Å². The van der Waals surface area contributed by atoms with Crippen LogP contribution in [0, 0.1) is 6.92 Å². The largest absolute Gasteiger partial charge is 0.494 e. The molecule has 0 atom stereocenters. The van der Waals surface area contributed by atoms with E-state index in [1.807, 2.05) is 55.9 Å². The van der Waals surface area contributed by atoms with Gasteiger partial charge in [0.1, 0.15) is 5.75 Å². The van der Waals surface area contributed by atoms with Crippen LogP contribution >= 0.6 is 0 Å². The zero-order valence-corrected chi connectivity index (χ0v) is 10.4. The molecule has 17 heavy (non-hydrogen) atoms. The van der Waals surface area contributed by atoms with Crippen LogP contribution in [0.5, 0.6) is 5.75 Å². The molecule has 0 bridgehead atoms. The molecule has 1 heterocycles. The van der Waals surface area contributed by atoms with Crippen molar-refractivity contribution >= 4 is 5.95 Å². The Balaban J connectivity index is 2.32. The van der Waals surface area contributed by atoms with Crippen LogP contribution in [0.15, 0.2) is 30.5 Å². The number of anilines is 1. The van der Waals surface area contributed by atoms with E-state index in [0.29, 0.717) is 6.61 Å². The van der Waals surface area contributed by atoms with Gasteiger partial charge >= 0.3 is 0 Å². The minimum Gasteiger partial charge on any atom is -0.494 e. The predicted octanol–water partition coefficient (Wildman–Crippen LogP) is 2.62. The van der Waals surface area contributed by atoms with E-state index < -0.39 is 0 Å². The SMILES string of the molecule is CCOc1ccc(-n2cc(C)nc2NC)cc1. The summed E-state index contributed by atoms with van der Waals surface area (Å²) in [5, 5.41) is 3.08. The molecule has 90 valence electrons. The lowest BCUT2D eigenvalue weighted by Gasteiger charge is -2.08. The Hall–Kier alpha value is -1.97. The van der Waals surface area contributed by atoms with E-state index >= 15 is 0 Å². The summed E-state index contributed by atoms with van der Waals surface area (Å²) in [4.78, 5) is 4.38. The molecule has 0 saturated heterocycles. The van der Waals surface area contributed by atoms with E-state index in [0.717, 1.165) is 23.1 Å². The second kappa shape index (κ2) is 4.91. The molecule has 0 fully saturated rings. The van der Waals surface area contributed by atoms with Crippen LogP contribution in [0.4, 0.5) is 5.95 Å². The molecule has 0 aliphatic carbocycles. The predicted molar refractivity (Wildman–Crippen MR) is 69.0 cm³/mol. The van der Waals surface area contributed by atoms with Crippen molar-refractivity contribution in [1.82, 2.24) is 9.55 Å². The number of nitrogens with zero attached hydrogens (tertiary/aromatic N) is 2. The number of rotatable bonds is 4. The molecule has 4 heteroatoms. The van der Waals surface area contributed by atoms with E-state index in [9.17, 15) is 0 Å². The number of ether oxygens (including phenoxy) is 1. The molecule has 0 radical (unpaired) electrons. The molecular weight excluding hydrogens is 214 g/mol. The van der Waals surface area contributed by atoms with Gasteiger partial charge in [-0.3, -0.25) is 4.57 Å². The van der Waals surface area contributed by atoms with Crippen molar-refractivity contribution in [1.29, 1.82) is 0 Å². The molecular formula is C13H17N3O. The number of benzene rings is 1. The molecule has 4 nitrogen and oxygen atoms in total. The molecule has 0 amide bonds. The minimum absolute atomic E-state index is 0.686. The summed E-state index contributed by atoms with van der Waals surface area (Å²) < 4.78 is 7.44. The standard InChI is InChI=1S/C13H17N3O/c1-4-17-12-7-5-11(6-8-12)16-9-10(2)15-13(16)14-3/h5-9H,4H2,1-3H3,(H,14,15). The molecule has 2 rings (SSSR count). The Labute approximate surface area is 101 Å². The third-order valence-corrected chi connectivity index (χ3v) is 2.48. The van der Waals surface area contributed by atoms with Crippen molar-refractivity contribution in [2.45, 2.75) is 13.8 Å². The highest BCUT2D eigenvalue weighted by molar-refractivity contribution is 5.44. The minimum atomic E-state index is 0.686. The fourth-order valence-corrected chi connectivity index (χ4v) is 1.74. The maximum Gasteiger partial charge on any atom is 0.207 e. The van der Waals surface area contributed by atoms with Crippen molar-refractivity contribution in [3.05, 3.63) is 36.2 Å². The fourth-order valence-electron chi connectivity index (χ4n) is 1.74. The Bertz CT molecular complexity index is 488. The molecule has 1 aromatic carbocycles. The Kier molecular flexibility index (Phi) is 3.32. The molecule has 0 unspecified atom stereocenters. The average molecular weight is 231 g/mol. The van der Waals surface area contributed by atoms with E-state index in [4.69, 9.17) is 4.74 Å². The Morgan fingerprint density at radius 3 is 2.59 bits per heavy atom. The van der Waals surface area contributed by atoms with Gasteiger partial charge in [-0.2, -0.15) is 0 Å². The van der Waals surface area contributed by atoms with Crippen LogP contribution in [-0.4, -0.2) is 23.2 Å². The monoisotopic (exact) mass is 231 g/mol. The number of hydrogen-bond donors (Lipinski definition) is 1. The van der Waals surface area contributed by atoms with Gasteiger partial charge in [-0.05, 0) is 38.1 Å². The molecule has 1 N–H and O–H groups in total. The number of imidazole rings is 1. The van der Waals surface area contributed by atoms with Crippen LogP contribution in [0.25, 0.3) is 5.69 Å². The number of hydrogen-bond acceptors (Lipinski definition) is 3. The van der Waals surface area contributed by atoms with Gasteiger partial charge in [-0.15, -0.1) is 0 Å². The first kappa shape index (κ1) is 11.5. The first-order valence-corrected chi connectivity index (χ1v) is 5.71. The lowest BCUT2D eigenvalue weighted by Crippen LogP contribution is -2.00. The molecule has 0 aliphatic rings. The first-order chi connectivity index (χ1) is 8.24. The normalized spacial score (nSPS) is 10.3. The van der Waals surface area contributed by atoms with Gasteiger partial charge in [0.2, 0.25) is 5.95 Å². The summed E-state index contributed by atoms with van der Waals surface area (Å²) in [6.07, 6.45) is 2.00. The Morgan fingerprint density at radius 2 is 2.00 bits per heavy atom. The van der Waals surface area contributed by atoms with Crippen LogP contribution in [-0.2, 0) is 0 Å². The molecule has 0 spiro atoms. The van der Waals surface area contributed by atoms with Crippen molar-refractivity contribution in [2.75, 3.05) is 19.0 Å². The van der Waals surface area contributed by atoms with Crippen LogP contribution < -0.4 is 10.1 Å². The molecule has 0 saturated carbocycles. The lowest BCUT2D eigenvalue weighted by atomic mass is 10.3. The average Bonchev–Trinajstić information content (AvgIpc) is 2.72. The highest BCUT2D eigenvalue weighted by atomic mass is 16.5. The van der Waals surface area contributed by atoms with Gasteiger partial charge in [-0.25, -0.2) is 4.98 Å². The van der Waals surface area contributed by atoms with E-state index in [-0.39, 0.29) is 0 Å². The van der Waals surface area contributed by atoms with Crippen LogP contribution in [0.2, 0.25) is 0 Å². The fraction of sp³-hybridized carbons (Fsp3) is 0.308. The summed E-state index contributed by atoms with van der Waals surface area (Å²) in [6.45, 7) is 4.64. The topological polar surface area (TPSA) is 39.1 Å². The molecule has 2 aromatic rings. The third-order valence-electron chi connectivity index (χ3n) is 2.48. The maximum absolute atomic E-state index is 5.42. The summed E-state index contributed by atoms with van der Waals surface area (Å²) >= 11 is 0. The quantitative estimate of drug-likeness (QED) is 0.879. The molecule has 1 aromatic heterocycles. The Morgan fingerprint density at radius 1 is 1.29 bits per heavy atom. The zero-order valence-electron chi connectivity index (χ0n) is 10.4. The first-order valence-electron chi connectivity index (χ1n) is 5.71. The number of nitrogens with one attached hydrogen (secondary N) is 1. The summed E-state index contributed by atoms with van der Waals surface area (Å²) in [6, 6.07) is 7.97. The second-order valence-electron chi connectivity index (χ2n) is 3.75.